The van der Waals surface area contributed by atoms with Crippen LogP contribution in [0, 0.1) is 0 Å². The first-order valence-corrected chi connectivity index (χ1v) is 12.9. The number of nitrogens with zero attached hydrogens (tertiary/aromatic N) is 2. The fourth-order valence-corrected chi connectivity index (χ4v) is 5.35. The second-order valence-corrected chi connectivity index (χ2v) is 10.5. The number of allylic oxidation sites excluding steroid dienone is 1. The van der Waals surface area contributed by atoms with E-state index < -0.39 is 12.0 Å². The average molecular weight is 489 g/mol. The van der Waals surface area contributed by atoms with E-state index in [4.69, 9.17) is 4.74 Å². The van der Waals surface area contributed by atoms with Crippen LogP contribution in [-0.4, -0.2) is 17.1 Å². The van der Waals surface area contributed by atoms with Gasteiger partial charge in [0, 0.05) is 0 Å². The van der Waals surface area contributed by atoms with E-state index in [1.807, 2.05) is 37.3 Å². The number of thiazole rings is 1. The van der Waals surface area contributed by atoms with Crippen molar-refractivity contribution in [1.29, 1.82) is 0 Å². The number of ether oxygens (including phenoxy) is 1. The minimum atomic E-state index is -0.586. The van der Waals surface area contributed by atoms with E-state index in [1.165, 1.54) is 22.5 Å². The number of carbonyl (C=O) groups is 1. The molecule has 1 aliphatic heterocycles. The van der Waals surface area contributed by atoms with Crippen LogP contribution in [0.2, 0.25) is 0 Å². The van der Waals surface area contributed by atoms with E-state index in [0.717, 1.165) is 11.1 Å². The molecule has 1 aromatic heterocycles. The quantitative estimate of drug-likeness (QED) is 0.457. The highest BCUT2D eigenvalue weighted by molar-refractivity contribution is 7.07. The Kier molecular flexibility index (Phi) is 7.22. The van der Waals surface area contributed by atoms with E-state index in [-0.39, 0.29) is 12.2 Å². The molecule has 35 heavy (non-hydrogen) atoms. The van der Waals surface area contributed by atoms with Crippen molar-refractivity contribution < 1.29 is 9.53 Å². The zero-order valence-electron chi connectivity index (χ0n) is 21.2. The van der Waals surface area contributed by atoms with Gasteiger partial charge in [0.1, 0.15) is 0 Å². The van der Waals surface area contributed by atoms with E-state index in [1.54, 1.807) is 11.5 Å². The zero-order chi connectivity index (χ0) is 25.3. The highest BCUT2D eigenvalue weighted by atomic mass is 32.1. The fourth-order valence-electron chi connectivity index (χ4n) is 4.30. The summed E-state index contributed by atoms with van der Waals surface area (Å²) in [4.78, 5) is 31.9. The number of benzene rings is 2. The third-order valence-electron chi connectivity index (χ3n) is 6.34. The van der Waals surface area contributed by atoms with Gasteiger partial charge in [-0.05, 0) is 54.0 Å². The number of fused-ring (bicyclic) bond motifs is 1. The van der Waals surface area contributed by atoms with Crippen LogP contribution >= 0.6 is 11.3 Å². The molecule has 1 unspecified atom stereocenters. The van der Waals surface area contributed by atoms with Gasteiger partial charge in [0.05, 0.1) is 28.5 Å². The minimum Gasteiger partial charge on any atom is -0.463 e. The molecule has 1 atom stereocenters. The molecule has 6 heteroatoms. The lowest BCUT2D eigenvalue weighted by Crippen LogP contribution is -2.39. The largest absolute Gasteiger partial charge is 0.463 e. The number of hydrogen-bond acceptors (Lipinski definition) is 5. The van der Waals surface area contributed by atoms with E-state index in [0.29, 0.717) is 32.4 Å². The molecule has 4 rings (SSSR count). The maximum Gasteiger partial charge on any atom is 0.338 e. The molecule has 5 nitrogen and oxygen atoms in total. The summed E-state index contributed by atoms with van der Waals surface area (Å²) in [5.74, 6) is 0.390. The fraction of sp³-hybridized carbons (Fsp3) is 0.345. The molecule has 0 N–H and O–H groups in total. The van der Waals surface area contributed by atoms with Crippen molar-refractivity contribution in [3.8, 4) is 0 Å². The van der Waals surface area contributed by atoms with Crippen molar-refractivity contribution in [2.24, 2.45) is 4.99 Å². The van der Waals surface area contributed by atoms with Crippen LogP contribution in [0.15, 0.2) is 69.6 Å². The lowest BCUT2D eigenvalue weighted by molar-refractivity contribution is -0.139. The van der Waals surface area contributed by atoms with Gasteiger partial charge in [-0.25, -0.2) is 9.79 Å². The van der Waals surface area contributed by atoms with Crippen molar-refractivity contribution in [3.05, 3.63) is 102 Å². The van der Waals surface area contributed by atoms with Crippen molar-refractivity contribution in [1.82, 2.24) is 4.57 Å². The van der Waals surface area contributed by atoms with Gasteiger partial charge in [-0.2, -0.15) is 0 Å². The SMILES string of the molecule is CCOC(=O)C1=C(C)N=c2sc(=Cc3ccc(C(C)C)cc3)c(=O)n2C1c1ccc(C(C)C)cc1. The van der Waals surface area contributed by atoms with Gasteiger partial charge in [0.15, 0.2) is 4.80 Å². The Balaban J connectivity index is 1.88. The molecule has 2 aromatic carbocycles. The smallest absolute Gasteiger partial charge is 0.338 e. The zero-order valence-corrected chi connectivity index (χ0v) is 22.0. The standard InChI is InChI=1S/C29H32N2O3S/c1-7-34-28(33)25-19(6)30-29-31(26(25)23-14-12-22(13-15-23)18(4)5)27(32)24(35-29)16-20-8-10-21(11-9-20)17(2)3/h8-18,26H,7H2,1-6H3. The van der Waals surface area contributed by atoms with Gasteiger partial charge < -0.3 is 4.74 Å². The van der Waals surface area contributed by atoms with Crippen LogP contribution in [0.4, 0.5) is 0 Å². The van der Waals surface area contributed by atoms with Gasteiger partial charge in [0.25, 0.3) is 5.56 Å². The number of aromatic nitrogens is 1. The molecule has 0 saturated carbocycles. The highest BCUT2D eigenvalue weighted by Gasteiger charge is 2.33. The summed E-state index contributed by atoms with van der Waals surface area (Å²) >= 11 is 1.35. The third kappa shape index (κ3) is 4.94. The molecule has 0 radical (unpaired) electrons. The summed E-state index contributed by atoms with van der Waals surface area (Å²) in [5, 5.41) is 0. The lowest BCUT2D eigenvalue weighted by atomic mass is 9.93. The van der Waals surface area contributed by atoms with E-state index in [2.05, 4.69) is 57.0 Å². The lowest BCUT2D eigenvalue weighted by Gasteiger charge is -2.25. The molecule has 0 saturated heterocycles. The Hall–Kier alpha value is -3.25. The van der Waals surface area contributed by atoms with Crippen molar-refractivity contribution in [2.75, 3.05) is 6.61 Å². The topological polar surface area (TPSA) is 60.7 Å². The van der Waals surface area contributed by atoms with Crippen LogP contribution in [-0.2, 0) is 9.53 Å². The molecule has 3 aromatic rings. The molecular weight excluding hydrogens is 456 g/mol. The molecule has 0 spiro atoms. The maximum absolute atomic E-state index is 13.7. The molecule has 0 aliphatic carbocycles. The molecule has 182 valence electrons. The summed E-state index contributed by atoms with van der Waals surface area (Å²) in [6.45, 7) is 12.4. The second kappa shape index (κ2) is 10.2. The first kappa shape index (κ1) is 24.9. The predicted molar refractivity (Wildman–Crippen MR) is 141 cm³/mol. The van der Waals surface area contributed by atoms with Crippen LogP contribution in [0.25, 0.3) is 6.08 Å². The summed E-state index contributed by atoms with van der Waals surface area (Å²) in [6.07, 6.45) is 1.90. The summed E-state index contributed by atoms with van der Waals surface area (Å²) in [5.41, 5.74) is 5.10. The second-order valence-electron chi connectivity index (χ2n) is 9.45. The summed E-state index contributed by atoms with van der Waals surface area (Å²) in [7, 11) is 0. The summed E-state index contributed by atoms with van der Waals surface area (Å²) in [6, 6.07) is 15.8. The van der Waals surface area contributed by atoms with Crippen LogP contribution in [0.1, 0.15) is 81.7 Å². The Morgan fingerprint density at radius 2 is 1.60 bits per heavy atom. The normalized spacial score (nSPS) is 16.0. The molecule has 0 bridgehead atoms. The monoisotopic (exact) mass is 488 g/mol. The number of esters is 1. The van der Waals surface area contributed by atoms with Gasteiger partial charge >= 0.3 is 5.97 Å². The molecule has 0 fully saturated rings. The van der Waals surface area contributed by atoms with Crippen LogP contribution in [0.3, 0.4) is 0 Å². The number of rotatable bonds is 6. The van der Waals surface area contributed by atoms with Crippen molar-refractivity contribution >= 4 is 23.4 Å². The molecule has 2 heterocycles. The third-order valence-corrected chi connectivity index (χ3v) is 7.32. The number of carbonyl (C=O) groups excluding carboxylic acids is 1. The Labute approximate surface area is 210 Å². The van der Waals surface area contributed by atoms with Crippen molar-refractivity contribution in [3.63, 3.8) is 0 Å². The van der Waals surface area contributed by atoms with Crippen molar-refractivity contribution in [2.45, 2.75) is 59.4 Å². The van der Waals surface area contributed by atoms with Gasteiger partial charge in [-0.3, -0.25) is 9.36 Å². The Bertz CT molecular complexity index is 1440. The first-order valence-electron chi connectivity index (χ1n) is 12.1. The van der Waals surface area contributed by atoms with Gasteiger partial charge in [0.2, 0.25) is 0 Å². The van der Waals surface area contributed by atoms with Crippen LogP contribution < -0.4 is 14.9 Å². The molecule has 0 amide bonds. The van der Waals surface area contributed by atoms with Gasteiger partial charge in [-0.1, -0.05) is 87.6 Å². The molecular formula is C29H32N2O3S. The van der Waals surface area contributed by atoms with E-state index in [9.17, 15) is 9.59 Å². The van der Waals surface area contributed by atoms with Gasteiger partial charge in [-0.15, -0.1) is 0 Å². The first-order chi connectivity index (χ1) is 16.7. The predicted octanol–water partition coefficient (Wildman–Crippen LogP) is 5.05. The Morgan fingerprint density at radius 3 is 2.14 bits per heavy atom. The van der Waals surface area contributed by atoms with Crippen LogP contribution in [0.5, 0.6) is 0 Å². The Morgan fingerprint density at radius 1 is 1.03 bits per heavy atom. The molecule has 1 aliphatic rings. The maximum atomic E-state index is 13.7. The minimum absolute atomic E-state index is 0.158. The highest BCUT2D eigenvalue weighted by Crippen LogP contribution is 2.31. The average Bonchev–Trinajstić information content (AvgIpc) is 3.13. The van der Waals surface area contributed by atoms with E-state index >= 15 is 0 Å². The number of hydrogen-bond donors (Lipinski definition) is 0. The summed E-state index contributed by atoms with van der Waals surface area (Å²) < 4.78 is 7.60.